The van der Waals surface area contributed by atoms with Crippen LogP contribution in [0.2, 0.25) is 0 Å². The Kier molecular flexibility index (Phi) is 7.35. The van der Waals surface area contributed by atoms with Gasteiger partial charge in [0, 0.05) is 30.8 Å². The summed E-state index contributed by atoms with van der Waals surface area (Å²) in [5.74, 6) is -0.482. The number of anilines is 1. The second-order valence-corrected chi connectivity index (χ2v) is 12.7. The number of hydrogen-bond acceptors (Lipinski definition) is 6. The molecular weight excluding hydrogens is 540 g/mol. The minimum atomic E-state index is -3.68. The van der Waals surface area contributed by atoms with Crippen LogP contribution in [-0.2, 0) is 32.7 Å². The van der Waals surface area contributed by atoms with Crippen LogP contribution in [0.15, 0.2) is 77.7 Å². The molecule has 6 rings (SSSR count). The topological polar surface area (TPSA) is 116 Å². The summed E-state index contributed by atoms with van der Waals surface area (Å²) in [5.41, 5.74) is 4.24. The number of piperidine rings is 2. The van der Waals surface area contributed by atoms with Gasteiger partial charge in [-0.1, -0.05) is 42.5 Å². The fraction of sp³-hybridized carbons (Fsp3) is 0.323. The van der Waals surface area contributed by atoms with E-state index in [-0.39, 0.29) is 23.1 Å². The zero-order valence-electron chi connectivity index (χ0n) is 22.6. The molecule has 1 unspecified atom stereocenters. The van der Waals surface area contributed by atoms with Gasteiger partial charge in [-0.15, -0.1) is 0 Å². The monoisotopic (exact) mass is 572 g/mol. The number of para-hydroxylation sites is 1. The van der Waals surface area contributed by atoms with E-state index in [9.17, 15) is 22.8 Å². The van der Waals surface area contributed by atoms with Crippen molar-refractivity contribution >= 4 is 33.4 Å². The van der Waals surface area contributed by atoms with Gasteiger partial charge >= 0.3 is 0 Å². The molecule has 2 fully saturated rings. The fourth-order valence-corrected chi connectivity index (χ4v) is 7.19. The number of benzene rings is 3. The van der Waals surface area contributed by atoms with Gasteiger partial charge in [-0.25, -0.2) is 8.42 Å². The van der Waals surface area contributed by atoms with Gasteiger partial charge in [0.15, 0.2) is 0 Å². The maximum atomic E-state index is 13.0. The van der Waals surface area contributed by atoms with Crippen molar-refractivity contribution in [1.29, 1.82) is 0 Å². The van der Waals surface area contributed by atoms with Crippen molar-refractivity contribution in [3.05, 3.63) is 95.1 Å². The Hall–Kier alpha value is -4.02. The summed E-state index contributed by atoms with van der Waals surface area (Å²) in [4.78, 5) is 41.1. The molecule has 3 aromatic rings. The van der Waals surface area contributed by atoms with Gasteiger partial charge < -0.3 is 4.90 Å². The number of hydrogen-bond donors (Lipinski definition) is 2. The maximum absolute atomic E-state index is 13.0. The number of carbonyl (C=O) groups is 3. The van der Waals surface area contributed by atoms with E-state index in [0.29, 0.717) is 36.7 Å². The Labute approximate surface area is 239 Å². The normalized spacial score (nSPS) is 20.1. The number of carbonyl (C=O) groups excluding carboxylic acids is 3. The van der Waals surface area contributed by atoms with Gasteiger partial charge in [0.05, 0.1) is 4.90 Å². The third-order valence-corrected chi connectivity index (χ3v) is 9.63. The van der Waals surface area contributed by atoms with Crippen molar-refractivity contribution in [3.63, 3.8) is 0 Å². The maximum Gasteiger partial charge on any atom is 0.261 e. The lowest BCUT2D eigenvalue weighted by Gasteiger charge is -2.32. The van der Waals surface area contributed by atoms with Gasteiger partial charge in [-0.3, -0.25) is 29.3 Å². The van der Waals surface area contributed by atoms with Gasteiger partial charge in [0.25, 0.3) is 15.9 Å². The zero-order valence-corrected chi connectivity index (χ0v) is 23.4. The number of likely N-dealkylation sites (tertiary alicyclic amines) is 1. The molecule has 2 N–H and O–H groups in total. The molecule has 3 aliphatic heterocycles. The molecule has 0 spiro atoms. The first-order valence-corrected chi connectivity index (χ1v) is 15.4. The Morgan fingerprint density at radius 1 is 0.878 bits per heavy atom. The van der Waals surface area contributed by atoms with Crippen molar-refractivity contribution in [3.8, 4) is 0 Å². The van der Waals surface area contributed by atoms with Crippen LogP contribution in [-0.4, -0.2) is 55.1 Å². The van der Waals surface area contributed by atoms with Gasteiger partial charge in [-0.2, -0.15) is 0 Å². The summed E-state index contributed by atoms with van der Waals surface area (Å²) in [6.07, 6.45) is 2.51. The van der Waals surface area contributed by atoms with E-state index >= 15 is 0 Å². The highest BCUT2D eigenvalue weighted by molar-refractivity contribution is 7.92. The predicted molar refractivity (Wildman–Crippen MR) is 153 cm³/mol. The molecule has 0 radical (unpaired) electrons. The van der Waals surface area contributed by atoms with Crippen molar-refractivity contribution in [2.24, 2.45) is 0 Å². The number of fused-ring (bicyclic) bond motifs is 1. The standard InChI is InChI=1S/C31H32N4O5S/c36-29-12-11-28(30(37)32-29)35-20-24-18-23(9-10-27(24)31(35)38)22-13-15-34(16-14-22)19-21-5-4-8-26(17-21)41(39,40)33-25-6-2-1-3-7-25/h1-10,17-18,22,28,33H,11-16,19-20H2,(H,32,36,37). The van der Waals surface area contributed by atoms with E-state index in [2.05, 4.69) is 21.0 Å². The molecule has 41 heavy (non-hydrogen) atoms. The molecule has 0 saturated carbocycles. The highest BCUT2D eigenvalue weighted by Crippen LogP contribution is 2.34. The SMILES string of the molecule is O=C1CCC(N2Cc3cc(C4CCN(Cc5cccc(S(=O)(=O)Nc6ccccc6)c5)CC4)ccc3C2=O)C(=O)N1. The summed E-state index contributed by atoms with van der Waals surface area (Å²) in [7, 11) is -3.68. The smallest absolute Gasteiger partial charge is 0.261 e. The number of nitrogens with zero attached hydrogens (tertiary/aromatic N) is 2. The number of amides is 3. The number of imide groups is 1. The van der Waals surface area contributed by atoms with Crippen LogP contribution in [0.3, 0.4) is 0 Å². The van der Waals surface area contributed by atoms with Crippen molar-refractivity contribution < 1.29 is 22.8 Å². The van der Waals surface area contributed by atoms with Gasteiger partial charge in [0.1, 0.15) is 6.04 Å². The van der Waals surface area contributed by atoms with Crippen molar-refractivity contribution in [2.75, 3.05) is 17.8 Å². The van der Waals surface area contributed by atoms with E-state index in [1.807, 2.05) is 24.3 Å². The van der Waals surface area contributed by atoms with Crippen LogP contribution >= 0.6 is 0 Å². The first-order chi connectivity index (χ1) is 19.8. The highest BCUT2D eigenvalue weighted by Gasteiger charge is 2.39. The van der Waals surface area contributed by atoms with Crippen LogP contribution in [0.4, 0.5) is 5.69 Å². The quantitative estimate of drug-likeness (QED) is 0.418. The van der Waals surface area contributed by atoms with Crippen LogP contribution < -0.4 is 10.0 Å². The lowest BCUT2D eigenvalue weighted by atomic mass is 9.87. The van der Waals surface area contributed by atoms with E-state index in [4.69, 9.17) is 0 Å². The molecule has 3 aromatic carbocycles. The molecule has 3 aliphatic rings. The molecule has 3 amide bonds. The largest absolute Gasteiger partial charge is 0.322 e. The molecule has 0 aromatic heterocycles. The van der Waals surface area contributed by atoms with E-state index in [1.165, 1.54) is 5.56 Å². The Morgan fingerprint density at radius 2 is 1.66 bits per heavy atom. The molecule has 1 atom stereocenters. The van der Waals surface area contributed by atoms with Crippen molar-refractivity contribution in [2.45, 2.75) is 55.6 Å². The van der Waals surface area contributed by atoms with Crippen LogP contribution in [0.1, 0.15) is 58.6 Å². The van der Waals surface area contributed by atoms with Crippen LogP contribution in [0, 0.1) is 0 Å². The lowest BCUT2D eigenvalue weighted by molar-refractivity contribution is -0.136. The average Bonchev–Trinajstić information content (AvgIpc) is 3.29. The van der Waals surface area contributed by atoms with E-state index < -0.39 is 22.0 Å². The Bertz CT molecular complexity index is 1600. The molecule has 0 bridgehead atoms. The number of rotatable bonds is 7. The molecule has 3 heterocycles. The fourth-order valence-electron chi connectivity index (χ4n) is 6.06. The molecule has 9 nitrogen and oxygen atoms in total. The first-order valence-electron chi connectivity index (χ1n) is 13.9. The minimum Gasteiger partial charge on any atom is -0.322 e. The third kappa shape index (κ3) is 5.75. The first kappa shape index (κ1) is 27.2. The molecule has 212 valence electrons. The van der Waals surface area contributed by atoms with Crippen LogP contribution in [0.25, 0.3) is 0 Å². The van der Waals surface area contributed by atoms with Crippen LogP contribution in [0.5, 0.6) is 0 Å². The highest BCUT2D eigenvalue weighted by atomic mass is 32.2. The predicted octanol–water partition coefficient (Wildman–Crippen LogP) is 3.63. The second-order valence-electron chi connectivity index (χ2n) is 11.0. The number of sulfonamides is 1. The zero-order chi connectivity index (χ0) is 28.6. The Balaban J connectivity index is 1.07. The molecular formula is C31H32N4O5S. The third-order valence-electron chi connectivity index (χ3n) is 8.25. The summed E-state index contributed by atoms with van der Waals surface area (Å²) in [6.45, 7) is 2.80. The average molecular weight is 573 g/mol. The minimum absolute atomic E-state index is 0.154. The van der Waals surface area contributed by atoms with E-state index in [1.54, 1.807) is 47.4 Å². The summed E-state index contributed by atoms with van der Waals surface area (Å²) in [5, 5.41) is 2.35. The Morgan fingerprint density at radius 3 is 2.41 bits per heavy atom. The summed E-state index contributed by atoms with van der Waals surface area (Å²) in [6, 6.07) is 21.3. The lowest BCUT2D eigenvalue weighted by Crippen LogP contribution is -2.52. The molecule has 2 saturated heterocycles. The van der Waals surface area contributed by atoms with E-state index in [0.717, 1.165) is 37.1 Å². The molecule has 0 aliphatic carbocycles. The molecule has 10 heteroatoms. The van der Waals surface area contributed by atoms with Crippen molar-refractivity contribution in [1.82, 2.24) is 15.1 Å². The van der Waals surface area contributed by atoms with Gasteiger partial charge in [0.2, 0.25) is 11.8 Å². The number of nitrogens with one attached hydrogen (secondary N) is 2. The summed E-state index contributed by atoms with van der Waals surface area (Å²) < 4.78 is 28.4. The second kappa shape index (κ2) is 11.1. The summed E-state index contributed by atoms with van der Waals surface area (Å²) >= 11 is 0. The van der Waals surface area contributed by atoms with Gasteiger partial charge in [-0.05, 0) is 85.3 Å².